The quantitative estimate of drug-likeness (QED) is 0.864. The molecule has 0 radical (unpaired) electrons. The normalized spacial score (nSPS) is 22.4. The molecule has 0 spiro atoms. The van der Waals surface area contributed by atoms with Crippen LogP contribution in [0.1, 0.15) is 70.6 Å². The molecular weight excluding hydrogens is 304 g/mol. The molecule has 3 rings (SSSR count). The van der Waals surface area contributed by atoms with Crippen molar-refractivity contribution >= 4 is 5.91 Å². The van der Waals surface area contributed by atoms with Crippen molar-refractivity contribution in [2.45, 2.75) is 64.4 Å². The van der Waals surface area contributed by atoms with Gasteiger partial charge in [-0.3, -0.25) is 9.89 Å². The Morgan fingerprint density at radius 2 is 2.25 bits per heavy atom. The maximum atomic E-state index is 12.6. The van der Waals surface area contributed by atoms with E-state index in [4.69, 9.17) is 4.74 Å². The van der Waals surface area contributed by atoms with Crippen LogP contribution in [0.15, 0.2) is 11.6 Å². The number of ether oxygens (including phenoxy) is 1. The smallest absolute Gasteiger partial charge is 0.226 e. The highest BCUT2D eigenvalue weighted by molar-refractivity contribution is 5.78. The number of aromatic nitrogens is 3. The van der Waals surface area contributed by atoms with Gasteiger partial charge in [0.15, 0.2) is 11.6 Å². The summed E-state index contributed by atoms with van der Waals surface area (Å²) in [4.78, 5) is 19.1. The summed E-state index contributed by atoms with van der Waals surface area (Å²) >= 11 is 0. The summed E-state index contributed by atoms with van der Waals surface area (Å²) in [6, 6.07) is 0. The number of allylic oxidation sites excluding steroid dienone is 1. The van der Waals surface area contributed by atoms with Crippen LogP contribution >= 0.6 is 0 Å². The third-order valence-corrected chi connectivity index (χ3v) is 4.66. The van der Waals surface area contributed by atoms with Gasteiger partial charge in [-0.25, -0.2) is 4.98 Å². The summed E-state index contributed by atoms with van der Waals surface area (Å²) in [5.74, 6) is 1.69. The largest absolute Gasteiger partial charge is 0.367 e. The number of aromatic amines is 1. The molecule has 1 aromatic heterocycles. The van der Waals surface area contributed by atoms with Gasteiger partial charge in [0.1, 0.15) is 6.10 Å². The van der Waals surface area contributed by atoms with Gasteiger partial charge in [-0.2, -0.15) is 5.10 Å². The van der Waals surface area contributed by atoms with E-state index in [-0.39, 0.29) is 17.4 Å². The van der Waals surface area contributed by atoms with Gasteiger partial charge >= 0.3 is 0 Å². The Morgan fingerprint density at radius 1 is 1.42 bits per heavy atom. The highest BCUT2D eigenvalue weighted by atomic mass is 16.5. The second kappa shape index (κ2) is 7.05. The van der Waals surface area contributed by atoms with E-state index in [2.05, 4.69) is 42.0 Å². The lowest BCUT2D eigenvalue weighted by atomic mass is 9.96. The highest BCUT2D eigenvalue weighted by Crippen LogP contribution is 2.25. The predicted molar refractivity (Wildman–Crippen MR) is 91.5 cm³/mol. The zero-order chi connectivity index (χ0) is 17.2. The van der Waals surface area contributed by atoms with Crippen molar-refractivity contribution in [3.8, 4) is 0 Å². The van der Waals surface area contributed by atoms with E-state index in [9.17, 15) is 4.79 Å². The van der Waals surface area contributed by atoms with E-state index in [1.54, 1.807) is 0 Å². The molecule has 1 fully saturated rings. The molecule has 0 aromatic carbocycles. The zero-order valence-corrected chi connectivity index (χ0v) is 15.0. The minimum Gasteiger partial charge on any atom is -0.367 e. The Balaban J connectivity index is 1.62. The van der Waals surface area contributed by atoms with Crippen LogP contribution in [0.3, 0.4) is 0 Å². The molecular formula is C18H28N4O2. The molecule has 6 heteroatoms. The van der Waals surface area contributed by atoms with Gasteiger partial charge in [-0.05, 0) is 25.7 Å². The monoisotopic (exact) mass is 332 g/mol. The third kappa shape index (κ3) is 4.04. The Kier molecular flexibility index (Phi) is 5.04. The number of nitrogens with zero attached hydrogens (tertiary/aromatic N) is 3. The van der Waals surface area contributed by atoms with Gasteiger partial charge in [0.25, 0.3) is 0 Å². The van der Waals surface area contributed by atoms with E-state index in [0.29, 0.717) is 31.9 Å². The molecule has 1 atom stereocenters. The molecule has 1 aromatic rings. The van der Waals surface area contributed by atoms with Crippen LogP contribution in [0.2, 0.25) is 0 Å². The van der Waals surface area contributed by atoms with Crippen molar-refractivity contribution in [3.05, 3.63) is 23.3 Å². The first-order valence-corrected chi connectivity index (χ1v) is 8.93. The van der Waals surface area contributed by atoms with Crippen LogP contribution in [0.4, 0.5) is 0 Å². The maximum absolute atomic E-state index is 12.6. The average molecular weight is 332 g/mol. The number of nitrogens with one attached hydrogen (secondary N) is 1. The van der Waals surface area contributed by atoms with Crippen molar-refractivity contribution in [2.75, 3.05) is 19.7 Å². The fourth-order valence-electron chi connectivity index (χ4n) is 3.17. The van der Waals surface area contributed by atoms with Gasteiger partial charge in [0, 0.05) is 18.4 Å². The van der Waals surface area contributed by atoms with Crippen molar-refractivity contribution in [2.24, 2.45) is 0 Å². The topological polar surface area (TPSA) is 71.1 Å². The summed E-state index contributed by atoms with van der Waals surface area (Å²) in [7, 11) is 0. The Morgan fingerprint density at radius 3 is 2.92 bits per heavy atom. The number of carbonyl (C=O) groups excluding carboxylic acids is 1. The fraction of sp³-hybridized carbons (Fsp3) is 0.722. The lowest BCUT2D eigenvalue weighted by Gasteiger charge is -2.32. The summed E-state index contributed by atoms with van der Waals surface area (Å²) in [6.45, 7) is 7.98. The molecule has 1 amide bonds. The van der Waals surface area contributed by atoms with Crippen molar-refractivity contribution < 1.29 is 9.53 Å². The Hall–Kier alpha value is -1.69. The van der Waals surface area contributed by atoms with Gasteiger partial charge < -0.3 is 9.64 Å². The number of morpholine rings is 1. The van der Waals surface area contributed by atoms with Crippen LogP contribution in [-0.2, 0) is 14.9 Å². The molecule has 2 heterocycles. The molecule has 0 saturated carbocycles. The first-order chi connectivity index (χ1) is 11.4. The molecule has 0 unspecified atom stereocenters. The maximum Gasteiger partial charge on any atom is 0.226 e. The SMILES string of the molecule is CC(C)(C)c1n[nH]c([C@H]2CN(C(=O)CC3=CCCCC3)CCO2)n1. The average Bonchev–Trinajstić information content (AvgIpc) is 3.06. The van der Waals surface area contributed by atoms with E-state index >= 15 is 0 Å². The molecule has 132 valence electrons. The van der Waals surface area contributed by atoms with Crippen LogP contribution < -0.4 is 0 Å². The van der Waals surface area contributed by atoms with Crippen LogP contribution in [0.25, 0.3) is 0 Å². The summed E-state index contributed by atoms with van der Waals surface area (Å²) in [5.41, 5.74) is 1.19. The number of rotatable bonds is 3. The predicted octanol–water partition coefficient (Wildman–Crippen LogP) is 2.89. The first-order valence-electron chi connectivity index (χ1n) is 8.93. The molecule has 1 N–H and O–H groups in total. The van der Waals surface area contributed by atoms with Gasteiger partial charge in [-0.15, -0.1) is 0 Å². The van der Waals surface area contributed by atoms with Crippen molar-refractivity contribution in [1.29, 1.82) is 0 Å². The van der Waals surface area contributed by atoms with Crippen LogP contribution in [-0.4, -0.2) is 45.7 Å². The lowest BCUT2D eigenvalue weighted by Crippen LogP contribution is -2.42. The van der Waals surface area contributed by atoms with Gasteiger partial charge in [-0.1, -0.05) is 32.4 Å². The number of carbonyl (C=O) groups is 1. The third-order valence-electron chi connectivity index (χ3n) is 4.66. The lowest BCUT2D eigenvalue weighted by molar-refractivity contribution is -0.138. The molecule has 2 aliphatic rings. The Labute approximate surface area is 143 Å². The van der Waals surface area contributed by atoms with Gasteiger partial charge in [0.2, 0.25) is 5.91 Å². The second-order valence-corrected chi connectivity index (χ2v) is 7.78. The molecule has 0 bridgehead atoms. The van der Waals surface area contributed by atoms with E-state index in [1.807, 2.05) is 4.90 Å². The summed E-state index contributed by atoms with van der Waals surface area (Å²) in [6.07, 6.45) is 7.21. The minimum absolute atomic E-state index is 0.105. The molecule has 1 aliphatic heterocycles. The highest BCUT2D eigenvalue weighted by Gasteiger charge is 2.29. The number of hydrogen-bond donors (Lipinski definition) is 1. The Bertz CT molecular complexity index is 615. The number of H-pyrrole nitrogens is 1. The standard InChI is InChI=1S/C18H28N4O2/c1-18(2,3)17-19-16(20-21-17)14-12-22(9-10-24-14)15(23)11-13-7-5-4-6-8-13/h7,14H,4-6,8-12H2,1-3H3,(H,19,20,21)/t14-/m1/s1. The van der Waals surface area contributed by atoms with E-state index < -0.39 is 0 Å². The molecule has 6 nitrogen and oxygen atoms in total. The van der Waals surface area contributed by atoms with Crippen LogP contribution in [0.5, 0.6) is 0 Å². The van der Waals surface area contributed by atoms with Crippen molar-refractivity contribution in [1.82, 2.24) is 20.1 Å². The minimum atomic E-state index is -0.216. The van der Waals surface area contributed by atoms with E-state index in [1.165, 1.54) is 18.4 Å². The first kappa shape index (κ1) is 17.1. The number of amides is 1. The summed E-state index contributed by atoms with van der Waals surface area (Å²) < 4.78 is 5.82. The fourth-order valence-corrected chi connectivity index (χ4v) is 3.17. The zero-order valence-electron chi connectivity index (χ0n) is 15.0. The number of hydrogen-bond acceptors (Lipinski definition) is 4. The molecule has 1 saturated heterocycles. The molecule has 1 aliphatic carbocycles. The van der Waals surface area contributed by atoms with E-state index in [0.717, 1.165) is 18.7 Å². The van der Waals surface area contributed by atoms with Crippen LogP contribution in [0, 0.1) is 0 Å². The summed E-state index contributed by atoms with van der Waals surface area (Å²) in [5, 5.41) is 7.28. The molecule has 24 heavy (non-hydrogen) atoms. The van der Waals surface area contributed by atoms with Crippen molar-refractivity contribution in [3.63, 3.8) is 0 Å². The van der Waals surface area contributed by atoms with Gasteiger partial charge in [0.05, 0.1) is 13.2 Å². The second-order valence-electron chi connectivity index (χ2n) is 7.78.